The molecule has 4 heterocycles. The molecule has 28 heavy (non-hydrogen) atoms. The molecule has 0 spiro atoms. The highest BCUT2D eigenvalue weighted by Crippen LogP contribution is 2.28. The number of anilines is 1. The van der Waals surface area contributed by atoms with Crippen LogP contribution in [0.1, 0.15) is 35.4 Å². The van der Waals surface area contributed by atoms with E-state index in [-0.39, 0.29) is 23.1 Å². The second-order valence-electron chi connectivity index (χ2n) is 6.62. The van der Waals surface area contributed by atoms with E-state index in [1.54, 1.807) is 6.07 Å². The van der Waals surface area contributed by atoms with Gasteiger partial charge in [0, 0.05) is 18.5 Å². The minimum Gasteiger partial charge on any atom is -0.505 e. The molecule has 1 saturated heterocycles. The van der Waals surface area contributed by atoms with Crippen molar-refractivity contribution >= 4 is 34.2 Å². The Morgan fingerprint density at radius 3 is 2.68 bits per heavy atom. The molecule has 3 aromatic heterocycles. The number of aromatic nitrogens is 4. The van der Waals surface area contributed by atoms with E-state index < -0.39 is 5.91 Å². The van der Waals surface area contributed by atoms with Gasteiger partial charge < -0.3 is 15.3 Å². The third kappa shape index (κ3) is 3.82. The average molecular weight is 399 g/mol. The molecule has 0 radical (unpaired) electrons. The van der Waals surface area contributed by atoms with Gasteiger partial charge in [-0.1, -0.05) is 11.6 Å². The number of rotatable bonds is 4. The zero-order chi connectivity index (χ0) is 19.5. The number of nitrogens with one attached hydrogen (secondary N) is 1. The van der Waals surface area contributed by atoms with Crippen molar-refractivity contribution in [2.75, 3.05) is 18.0 Å². The Kier molecular flexibility index (Phi) is 5.21. The van der Waals surface area contributed by atoms with E-state index in [0.717, 1.165) is 31.7 Å². The molecule has 1 aliphatic heterocycles. The van der Waals surface area contributed by atoms with Crippen LogP contribution in [-0.4, -0.2) is 44.0 Å². The van der Waals surface area contributed by atoms with Crippen LogP contribution in [0.5, 0.6) is 5.75 Å². The van der Waals surface area contributed by atoms with Gasteiger partial charge in [-0.05, 0) is 31.4 Å². The molecule has 8 nitrogen and oxygen atoms in total. The number of halogens is 1. The van der Waals surface area contributed by atoms with Crippen LogP contribution in [0.4, 0.5) is 5.82 Å². The maximum Gasteiger partial charge on any atom is 0.274 e. The predicted molar refractivity (Wildman–Crippen MR) is 105 cm³/mol. The Morgan fingerprint density at radius 2 is 1.93 bits per heavy atom. The van der Waals surface area contributed by atoms with Crippen LogP contribution in [-0.2, 0) is 6.54 Å². The average Bonchev–Trinajstić information content (AvgIpc) is 2.74. The first kappa shape index (κ1) is 18.4. The standard InChI is InChI=1S/C19H19ClN6O2/c20-15-11-21-12(8-22-15)9-24-19(28)17-18(27)13-4-5-16(25-14(13)10-23-17)26-6-2-1-3-7-26/h4-5,8,10-11,27H,1-3,6-7,9H2,(H,24,28). The number of carbonyl (C=O) groups is 1. The van der Waals surface area contributed by atoms with Gasteiger partial charge in [0.2, 0.25) is 0 Å². The molecule has 144 valence electrons. The summed E-state index contributed by atoms with van der Waals surface area (Å²) in [4.78, 5) is 31.4. The summed E-state index contributed by atoms with van der Waals surface area (Å²) in [5.41, 5.74) is 1.05. The maximum atomic E-state index is 12.4. The second-order valence-corrected chi connectivity index (χ2v) is 7.01. The Morgan fingerprint density at radius 1 is 1.11 bits per heavy atom. The SMILES string of the molecule is O=C(NCc1cnc(Cl)cn1)c1ncc2nc(N3CCCCC3)ccc2c1O. The molecule has 9 heteroatoms. The topological polar surface area (TPSA) is 104 Å². The van der Waals surface area contributed by atoms with E-state index in [9.17, 15) is 9.90 Å². The monoisotopic (exact) mass is 398 g/mol. The van der Waals surface area contributed by atoms with Gasteiger partial charge in [0.15, 0.2) is 11.4 Å². The summed E-state index contributed by atoms with van der Waals surface area (Å²) in [5.74, 6) is 0.179. The van der Waals surface area contributed by atoms with E-state index >= 15 is 0 Å². The van der Waals surface area contributed by atoms with Crippen molar-refractivity contribution in [2.45, 2.75) is 25.8 Å². The van der Waals surface area contributed by atoms with Gasteiger partial charge in [-0.3, -0.25) is 9.78 Å². The first-order chi connectivity index (χ1) is 13.6. The molecule has 0 bridgehead atoms. The lowest BCUT2D eigenvalue weighted by molar-refractivity contribution is 0.0942. The van der Waals surface area contributed by atoms with Crippen LogP contribution in [0.25, 0.3) is 10.9 Å². The van der Waals surface area contributed by atoms with Gasteiger partial charge in [0.25, 0.3) is 5.91 Å². The fourth-order valence-corrected chi connectivity index (χ4v) is 3.32. The van der Waals surface area contributed by atoms with Gasteiger partial charge in [-0.25, -0.2) is 15.0 Å². The highest BCUT2D eigenvalue weighted by atomic mass is 35.5. The molecular formula is C19H19ClN6O2. The summed E-state index contributed by atoms with van der Waals surface area (Å²) in [5, 5.41) is 14.0. The highest BCUT2D eigenvalue weighted by Gasteiger charge is 2.18. The molecule has 0 aromatic carbocycles. The van der Waals surface area contributed by atoms with Crippen molar-refractivity contribution in [1.82, 2.24) is 25.3 Å². The lowest BCUT2D eigenvalue weighted by atomic mass is 10.1. The molecule has 0 unspecified atom stereocenters. The van der Waals surface area contributed by atoms with Gasteiger partial charge in [-0.2, -0.15) is 0 Å². The normalized spacial score (nSPS) is 14.2. The van der Waals surface area contributed by atoms with Crippen LogP contribution in [0.3, 0.4) is 0 Å². The predicted octanol–water partition coefficient (Wildman–Crippen LogP) is 2.70. The van der Waals surface area contributed by atoms with Crippen molar-refractivity contribution in [1.29, 1.82) is 0 Å². The van der Waals surface area contributed by atoms with Gasteiger partial charge in [-0.15, -0.1) is 0 Å². The van der Waals surface area contributed by atoms with Crippen LogP contribution in [0, 0.1) is 0 Å². The number of hydrogen-bond donors (Lipinski definition) is 2. The lowest BCUT2D eigenvalue weighted by Crippen LogP contribution is -2.30. The summed E-state index contributed by atoms with van der Waals surface area (Å²) in [7, 11) is 0. The molecule has 3 aromatic rings. The van der Waals surface area contributed by atoms with E-state index in [2.05, 4.69) is 30.2 Å². The van der Waals surface area contributed by atoms with E-state index in [0.29, 0.717) is 16.6 Å². The van der Waals surface area contributed by atoms with Crippen LogP contribution < -0.4 is 10.2 Å². The van der Waals surface area contributed by atoms with E-state index in [4.69, 9.17) is 11.6 Å². The number of hydrogen-bond acceptors (Lipinski definition) is 7. The Labute approximate surface area is 166 Å². The van der Waals surface area contributed by atoms with Crippen molar-refractivity contribution in [3.8, 4) is 5.75 Å². The Balaban J connectivity index is 1.53. The van der Waals surface area contributed by atoms with Gasteiger partial charge in [0.1, 0.15) is 11.0 Å². The van der Waals surface area contributed by atoms with Crippen LogP contribution in [0.2, 0.25) is 5.15 Å². The van der Waals surface area contributed by atoms with E-state index in [1.165, 1.54) is 25.0 Å². The molecule has 1 amide bonds. The molecular weight excluding hydrogens is 380 g/mol. The zero-order valence-corrected chi connectivity index (χ0v) is 15.9. The minimum atomic E-state index is -0.503. The summed E-state index contributed by atoms with van der Waals surface area (Å²) in [6.07, 6.45) is 7.94. The maximum absolute atomic E-state index is 12.4. The number of nitrogens with zero attached hydrogens (tertiary/aromatic N) is 5. The summed E-state index contributed by atoms with van der Waals surface area (Å²) < 4.78 is 0. The molecule has 4 rings (SSSR count). The third-order valence-corrected chi connectivity index (χ3v) is 4.90. The van der Waals surface area contributed by atoms with E-state index in [1.807, 2.05) is 6.07 Å². The molecule has 1 fully saturated rings. The highest BCUT2D eigenvalue weighted by molar-refractivity contribution is 6.29. The van der Waals surface area contributed by atoms with Crippen LogP contribution in [0.15, 0.2) is 30.7 Å². The number of amides is 1. The third-order valence-electron chi connectivity index (χ3n) is 4.70. The number of pyridine rings is 2. The second kappa shape index (κ2) is 7.93. The summed E-state index contributed by atoms with van der Waals surface area (Å²) in [6.45, 7) is 2.10. The van der Waals surface area contributed by atoms with Crippen molar-refractivity contribution < 1.29 is 9.90 Å². The number of aromatic hydroxyl groups is 1. The Hall–Kier alpha value is -3.00. The fourth-order valence-electron chi connectivity index (χ4n) is 3.23. The molecule has 2 N–H and O–H groups in total. The minimum absolute atomic E-state index is 0.0538. The first-order valence-electron chi connectivity index (χ1n) is 9.10. The van der Waals surface area contributed by atoms with Crippen molar-refractivity contribution in [3.05, 3.63) is 47.3 Å². The molecule has 1 aliphatic rings. The lowest BCUT2D eigenvalue weighted by Gasteiger charge is -2.27. The smallest absolute Gasteiger partial charge is 0.274 e. The first-order valence-corrected chi connectivity index (χ1v) is 9.48. The summed E-state index contributed by atoms with van der Waals surface area (Å²) in [6, 6.07) is 3.66. The summed E-state index contributed by atoms with van der Waals surface area (Å²) >= 11 is 5.69. The Bertz CT molecular complexity index is 1010. The number of carbonyl (C=O) groups excluding carboxylic acids is 1. The fraction of sp³-hybridized carbons (Fsp3) is 0.316. The molecule has 0 saturated carbocycles. The van der Waals surface area contributed by atoms with Crippen LogP contribution >= 0.6 is 11.6 Å². The zero-order valence-electron chi connectivity index (χ0n) is 15.1. The van der Waals surface area contributed by atoms with Crippen molar-refractivity contribution in [3.63, 3.8) is 0 Å². The van der Waals surface area contributed by atoms with Gasteiger partial charge in [0.05, 0.1) is 36.3 Å². The van der Waals surface area contributed by atoms with Gasteiger partial charge >= 0.3 is 0 Å². The number of piperidine rings is 1. The largest absolute Gasteiger partial charge is 0.505 e. The molecule has 0 atom stereocenters. The quantitative estimate of drug-likeness (QED) is 0.696. The number of fused-ring (bicyclic) bond motifs is 1. The molecule has 0 aliphatic carbocycles. The van der Waals surface area contributed by atoms with Crippen molar-refractivity contribution in [2.24, 2.45) is 0 Å².